The maximum absolute atomic E-state index is 12.4. The first-order valence-electron chi connectivity index (χ1n) is 7.07. The van der Waals surface area contributed by atoms with E-state index in [9.17, 15) is 9.59 Å². The molecule has 0 spiro atoms. The van der Waals surface area contributed by atoms with Crippen molar-refractivity contribution in [2.45, 2.75) is 0 Å². The van der Waals surface area contributed by atoms with Gasteiger partial charge in [0.15, 0.2) is 11.4 Å². The Labute approximate surface area is 156 Å². The lowest BCUT2D eigenvalue weighted by atomic mass is 10.2. The summed E-state index contributed by atoms with van der Waals surface area (Å²) in [5.41, 5.74) is 2.56. The van der Waals surface area contributed by atoms with E-state index in [-0.39, 0.29) is 17.1 Å². The van der Waals surface area contributed by atoms with Gasteiger partial charge in [0.25, 0.3) is 11.5 Å². The first kappa shape index (κ1) is 17.5. The number of carbonyl (C=O) groups excluding carboxylic acids is 1. The number of benzene rings is 2. The summed E-state index contributed by atoms with van der Waals surface area (Å²) in [5.74, 6) is -0.312. The Hall–Kier alpha value is -2.35. The molecule has 0 aliphatic heterocycles. The highest BCUT2D eigenvalue weighted by molar-refractivity contribution is 7.71. The van der Waals surface area contributed by atoms with Gasteiger partial charge in [-0.3, -0.25) is 15.0 Å². The van der Waals surface area contributed by atoms with Gasteiger partial charge >= 0.3 is 0 Å². The minimum absolute atomic E-state index is 0.0674. The van der Waals surface area contributed by atoms with E-state index in [0.717, 1.165) is 4.68 Å². The predicted octanol–water partition coefficient (Wildman–Crippen LogP) is 3.51. The third-order valence-corrected chi connectivity index (χ3v) is 4.13. The molecule has 0 unspecified atom stereocenters. The molecule has 0 saturated heterocycles. The first-order valence-corrected chi connectivity index (χ1v) is 8.24. The monoisotopic (exact) mass is 395 g/mol. The minimum atomic E-state index is -0.576. The lowest BCUT2D eigenvalue weighted by molar-refractivity contribution is -0.119. The summed E-state index contributed by atoms with van der Waals surface area (Å²) in [7, 11) is 0. The van der Waals surface area contributed by atoms with E-state index in [0.29, 0.717) is 20.9 Å². The van der Waals surface area contributed by atoms with Gasteiger partial charge in [0.2, 0.25) is 0 Å². The molecule has 2 aromatic carbocycles. The van der Waals surface area contributed by atoms with Gasteiger partial charge < -0.3 is 9.72 Å². The van der Waals surface area contributed by atoms with Crippen molar-refractivity contribution in [3.63, 3.8) is 0 Å². The topological polar surface area (TPSA) is 76.1 Å². The number of amides is 1. The van der Waals surface area contributed by atoms with Crippen LogP contribution < -0.4 is 15.7 Å². The lowest BCUT2D eigenvalue weighted by Gasteiger charge is -2.11. The summed E-state index contributed by atoms with van der Waals surface area (Å²) in [6, 6.07) is 11.5. The molecule has 0 aliphatic rings. The summed E-state index contributed by atoms with van der Waals surface area (Å²) in [5, 5.41) is 1.14. The summed E-state index contributed by atoms with van der Waals surface area (Å²) in [6.07, 6.45) is 0. The van der Waals surface area contributed by atoms with Gasteiger partial charge in [-0.2, -0.15) is 4.68 Å². The van der Waals surface area contributed by atoms with Crippen LogP contribution in [0.2, 0.25) is 10.0 Å². The normalized spacial score (nSPS) is 10.6. The molecule has 1 aromatic heterocycles. The number of hydrogen-bond donors (Lipinski definition) is 2. The lowest BCUT2D eigenvalue weighted by Crippen LogP contribution is -2.36. The molecular formula is C16H11Cl2N3O3S. The van der Waals surface area contributed by atoms with Crippen molar-refractivity contribution < 1.29 is 9.53 Å². The van der Waals surface area contributed by atoms with E-state index in [1.54, 1.807) is 36.4 Å². The highest BCUT2D eigenvalue weighted by Crippen LogP contribution is 2.27. The maximum atomic E-state index is 12.4. The van der Waals surface area contributed by atoms with Crippen LogP contribution in [-0.2, 0) is 4.79 Å². The van der Waals surface area contributed by atoms with Crippen molar-refractivity contribution in [3.05, 3.63) is 67.6 Å². The second-order valence-corrected chi connectivity index (χ2v) is 6.25. The van der Waals surface area contributed by atoms with Crippen LogP contribution in [0.3, 0.4) is 0 Å². The van der Waals surface area contributed by atoms with Crippen LogP contribution >= 0.6 is 35.4 Å². The van der Waals surface area contributed by atoms with Crippen molar-refractivity contribution in [2.24, 2.45) is 0 Å². The second kappa shape index (κ2) is 7.26. The summed E-state index contributed by atoms with van der Waals surface area (Å²) in [4.78, 5) is 27.4. The third kappa shape index (κ3) is 3.84. The van der Waals surface area contributed by atoms with Crippen LogP contribution in [0.4, 0.5) is 0 Å². The van der Waals surface area contributed by atoms with Gasteiger partial charge in [-0.25, -0.2) is 0 Å². The van der Waals surface area contributed by atoms with Gasteiger partial charge in [-0.1, -0.05) is 35.3 Å². The zero-order valence-electron chi connectivity index (χ0n) is 12.6. The zero-order valence-corrected chi connectivity index (χ0v) is 14.9. The number of halogens is 2. The standard InChI is InChI=1S/C16H11Cl2N3O3S/c17-9-5-6-11(18)13(7-9)24-8-14(22)20-21-15(23)10-3-1-2-4-12(10)19-16(21)25/h1-7H,8H2,(H,19,25)(H,20,22). The number of fused-ring (bicyclic) bond motifs is 1. The van der Waals surface area contributed by atoms with E-state index >= 15 is 0 Å². The van der Waals surface area contributed by atoms with E-state index in [2.05, 4.69) is 10.4 Å². The molecule has 3 aromatic rings. The van der Waals surface area contributed by atoms with Gasteiger partial charge in [-0.05, 0) is 36.5 Å². The number of nitrogens with one attached hydrogen (secondary N) is 2. The van der Waals surface area contributed by atoms with Gasteiger partial charge in [0.1, 0.15) is 5.75 Å². The Kier molecular flexibility index (Phi) is 5.08. The average Bonchev–Trinajstić information content (AvgIpc) is 2.59. The van der Waals surface area contributed by atoms with Crippen LogP contribution in [0.25, 0.3) is 10.9 Å². The number of hydrogen-bond acceptors (Lipinski definition) is 4. The van der Waals surface area contributed by atoms with E-state index < -0.39 is 11.5 Å². The molecule has 25 heavy (non-hydrogen) atoms. The van der Waals surface area contributed by atoms with E-state index in [1.807, 2.05) is 0 Å². The molecule has 6 nitrogen and oxygen atoms in total. The zero-order chi connectivity index (χ0) is 18.0. The predicted molar refractivity (Wildman–Crippen MR) is 99.7 cm³/mol. The van der Waals surface area contributed by atoms with Crippen LogP contribution in [0, 0.1) is 4.77 Å². The quantitative estimate of drug-likeness (QED) is 0.662. The van der Waals surface area contributed by atoms with Crippen molar-refractivity contribution in [3.8, 4) is 5.75 Å². The van der Waals surface area contributed by atoms with Gasteiger partial charge in [0.05, 0.1) is 15.9 Å². The molecule has 2 N–H and O–H groups in total. The molecule has 1 amide bonds. The smallest absolute Gasteiger partial charge is 0.281 e. The van der Waals surface area contributed by atoms with Crippen molar-refractivity contribution >= 4 is 52.2 Å². The molecule has 0 radical (unpaired) electrons. The average molecular weight is 396 g/mol. The largest absolute Gasteiger partial charge is 0.482 e. The maximum Gasteiger partial charge on any atom is 0.281 e. The molecule has 1 heterocycles. The molecule has 0 aliphatic carbocycles. The van der Waals surface area contributed by atoms with E-state index in [1.165, 1.54) is 6.07 Å². The third-order valence-electron chi connectivity index (χ3n) is 3.29. The second-order valence-electron chi connectivity index (χ2n) is 5.01. The number of nitrogens with zero attached hydrogens (tertiary/aromatic N) is 1. The molecule has 3 rings (SSSR count). The van der Waals surface area contributed by atoms with Crippen molar-refractivity contribution in [1.82, 2.24) is 9.66 Å². The first-order chi connectivity index (χ1) is 12.0. The molecule has 0 fully saturated rings. The molecular weight excluding hydrogens is 385 g/mol. The summed E-state index contributed by atoms with van der Waals surface area (Å²) < 4.78 is 6.36. The van der Waals surface area contributed by atoms with Crippen LogP contribution in [0.5, 0.6) is 5.75 Å². The van der Waals surface area contributed by atoms with E-state index in [4.69, 9.17) is 40.2 Å². The molecule has 0 atom stereocenters. The number of H-pyrrole nitrogens is 1. The molecule has 9 heteroatoms. The van der Waals surface area contributed by atoms with Crippen molar-refractivity contribution in [1.29, 1.82) is 0 Å². The Morgan fingerprint density at radius 1 is 1.24 bits per heavy atom. The van der Waals surface area contributed by atoms with Gasteiger partial charge in [-0.15, -0.1) is 0 Å². The fraction of sp³-hybridized carbons (Fsp3) is 0.0625. The molecule has 128 valence electrons. The van der Waals surface area contributed by atoms with Crippen LogP contribution in [0.15, 0.2) is 47.3 Å². The van der Waals surface area contributed by atoms with Crippen LogP contribution in [0.1, 0.15) is 0 Å². The number of aromatic amines is 1. The number of carbonyl (C=O) groups is 1. The summed E-state index contributed by atoms with van der Waals surface area (Å²) >= 11 is 16.9. The molecule has 0 saturated carbocycles. The highest BCUT2D eigenvalue weighted by Gasteiger charge is 2.10. The Balaban J connectivity index is 1.79. The fourth-order valence-corrected chi connectivity index (χ4v) is 2.72. The Morgan fingerprint density at radius 2 is 2.00 bits per heavy atom. The Bertz CT molecular complexity index is 1080. The highest BCUT2D eigenvalue weighted by atomic mass is 35.5. The van der Waals surface area contributed by atoms with Gasteiger partial charge in [0, 0.05) is 11.1 Å². The molecule has 0 bridgehead atoms. The number of aromatic nitrogens is 2. The van der Waals surface area contributed by atoms with Crippen LogP contribution in [-0.4, -0.2) is 22.2 Å². The van der Waals surface area contributed by atoms with Crippen molar-refractivity contribution in [2.75, 3.05) is 12.0 Å². The SMILES string of the molecule is O=C(COc1cc(Cl)ccc1Cl)Nn1c(=S)[nH]c2ccccc2c1=O. The fourth-order valence-electron chi connectivity index (χ4n) is 2.15. The number of rotatable bonds is 4. The number of para-hydroxylation sites is 1. The Morgan fingerprint density at radius 3 is 2.80 bits per heavy atom. The summed E-state index contributed by atoms with van der Waals surface area (Å²) in [6.45, 7) is -0.367. The number of ether oxygens (including phenoxy) is 1. The minimum Gasteiger partial charge on any atom is -0.482 e.